The molecule has 0 saturated carbocycles. The summed E-state index contributed by atoms with van der Waals surface area (Å²) >= 11 is 0. The summed E-state index contributed by atoms with van der Waals surface area (Å²) in [6.07, 6.45) is 0.309. The van der Waals surface area contributed by atoms with Gasteiger partial charge in [-0.3, -0.25) is 0 Å². The highest BCUT2D eigenvalue weighted by Crippen LogP contribution is 2.18. The van der Waals surface area contributed by atoms with Crippen molar-refractivity contribution in [1.29, 1.82) is 0 Å². The van der Waals surface area contributed by atoms with E-state index in [1.165, 1.54) is 12.1 Å². The Bertz CT molecular complexity index is 561. The lowest BCUT2D eigenvalue weighted by Gasteiger charge is -2.02. The minimum Gasteiger partial charge on any atom is -0.369 e. The third-order valence-corrected chi connectivity index (χ3v) is 2.89. The van der Waals surface area contributed by atoms with Crippen molar-refractivity contribution < 1.29 is 8.78 Å². The summed E-state index contributed by atoms with van der Waals surface area (Å²) < 4.78 is 28.0. The summed E-state index contributed by atoms with van der Waals surface area (Å²) in [5.41, 5.74) is 7.65. The average molecular weight is 237 g/mol. The van der Waals surface area contributed by atoms with Gasteiger partial charge in [0.05, 0.1) is 5.69 Å². The normalized spacial score (nSPS) is 10.8. The number of rotatable bonds is 2. The second-order valence-electron chi connectivity index (χ2n) is 3.97. The number of benzene rings is 1. The van der Waals surface area contributed by atoms with Crippen LogP contribution >= 0.6 is 0 Å². The van der Waals surface area contributed by atoms with Gasteiger partial charge in [-0.2, -0.15) is 0 Å². The Balaban J connectivity index is 2.34. The molecule has 0 bridgehead atoms. The standard InChI is InChI=1S/C12H13F2N3/c1-7-11(16-12(15)17(7)2)5-8-3-4-9(13)6-10(8)14/h3-4,6H,5H2,1-2H3,(H2,15,16). The predicted molar refractivity (Wildman–Crippen MR) is 61.5 cm³/mol. The Kier molecular flexibility index (Phi) is 2.83. The fraction of sp³-hybridized carbons (Fsp3) is 0.250. The van der Waals surface area contributed by atoms with Gasteiger partial charge in [-0.25, -0.2) is 13.8 Å². The van der Waals surface area contributed by atoms with E-state index < -0.39 is 11.6 Å². The van der Waals surface area contributed by atoms with Crippen molar-refractivity contribution in [2.75, 3.05) is 5.73 Å². The molecule has 0 amide bonds. The van der Waals surface area contributed by atoms with Crippen LogP contribution in [0.3, 0.4) is 0 Å². The van der Waals surface area contributed by atoms with Gasteiger partial charge >= 0.3 is 0 Å². The first kappa shape index (κ1) is 11.6. The van der Waals surface area contributed by atoms with E-state index in [2.05, 4.69) is 4.98 Å². The van der Waals surface area contributed by atoms with E-state index >= 15 is 0 Å². The van der Waals surface area contributed by atoms with Gasteiger partial charge in [0.15, 0.2) is 5.95 Å². The maximum atomic E-state index is 13.5. The number of hydrogen-bond acceptors (Lipinski definition) is 2. The fourth-order valence-electron chi connectivity index (χ4n) is 1.67. The monoisotopic (exact) mass is 237 g/mol. The maximum Gasteiger partial charge on any atom is 0.200 e. The van der Waals surface area contributed by atoms with Crippen LogP contribution in [0.15, 0.2) is 18.2 Å². The number of imidazole rings is 1. The quantitative estimate of drug-likeness (QED) is 0.870. The van der Waals surface area contributed by atoms with Crippen molar-refractivity contribution >= 4 is 5.95 Å². The Hall–Kier alpha value is -1.91. The molecule has 2 aromatic rings. The maximum absolute atomic E-state index is 13.5. The second-order valence-corrected chi connectivity index (χ2v) is 3.97. The molecule has 3 nitrogen and oxygen atoms in total. The van der Waals surface area contributed by atoms with Crippen LogP contribution in [-0.4, -0.2) is 9.55 Å². The van der Waals surface area contributed by atoms with Crippen LogP contribution in [0.25, 0.3) is 0 Å². The van der Waals surface area contributed by atoms with Crippen molar-refractivity contribution in [3.63, 3.8) is 0 Å². The van der Waals surface area contributed by atoms with E-state index in [-0.39, 0.29) is 0 Å². The topological polar surface area (TPSA) is 43.8 Å². The predicted octanol–water partition coefficient (Wildman–Crippen LogP) is 2.18. The molecule has 2 rings (SSSR count). The third kappa shape index (κ3) is 2.13. The Labute approximate surface area is 97.9 Å². The molecule has 0 aliphatic heterocycles. The first-order chi connectivity index (χ1) is 7.99. The SMILES string of the molecule is Cc1c(Cc2ccc(F)cc2F)nc(N)n1C. The average Bonchev–Trinajstić information content (AvgIpc) is 2.50. The van der Waals surface area contributed by atoms with Gasteiger partial charge in [-0.15, -0.1) is 0 Å². The van der Waals surface area contributed by atoms with Crippen LogP contribution < -0.4 is 5.73 Å². The fourth-order valence-corrected chi connectivity index (χ4v) is 1.67. The minimum atomic E-state index is -0.580. The molecule has 0 aliphatic carbocycles. The zero-order valence-corrected chi connectivity index (χ0v) is 9.67. The van der Waals surface area contributed by atoms with Crippen molar-refractivity contribution in [1.82, 2.24) is 9.55 Å². The molecular formula is C12H13F2N3. The molecule has 1 heterocycles. The van der Waals surface area contributed by atoms with Gasteiger partial charge < -0.3 is 10.3 Å². The van der Waals surface area contributed by atoms with Gasteiger partial charge in [-0.05, 0) is 18.6 Å². The van der Waals surface area contributed by atoms with Gasteiger partial charge in [-0.1, -0.05) is 6.07 Å². The molecule has 0 atom stereocenters. The molecule has 17 heavy (non-hydrogen) atoms. The first-order valence-electron chi connectivity index (χ1n) is 5.20. The Morgan fingerprint density at radius 3 is 2.59 bits per heavy atom. The number of aromatic nitrogens is 2. The molecule has 0 saturated heterocycles. The van der Waals surface area contributed by atoms with Crippen LogP contribution in [0.1, 0.15) is 17.0 Å². The van der Waals surface area contributed by atoms with E-state index in [4.69, 9.17) is 5.73 Å². The van der Waals surface area contributed by atoms with E-state index in [1.807, 2.05) is 6.92 Å². The van der Waals surface area contributed by atoms with E-state index in [0.29, 0.717) is 23.6 Å². The zero-order chi connectivity index (χ0) is 12.6. The second kappa shape index (κ2) is 4.16. The molecule has 2 N–H and O–H groups in total. The summed E-state index contributed by atoms with van der Waals surface area (Å²) in [7, 11) is 1.79. The molecule has 1 aromatic carbocycles. The number of halogens is 2. The number of nitrogens with two attached hydrogens (primary N) is 1. The minimum absolute atomic E-state index is 0.309. The molecule has 90 valence electrons. The Morgan fingerprint density at radius 2 is 2.06 bits per heavy atom. The van der Waals surface area contributed by atoms with Crippen molar-refractivity contribution in [3.8, 4) is 0 Å². The molecule has 0 radical (unpaired) electrons. The number of nitrogen functional groups attached to an aromatic ring is 1. The molecule has 0 spiro atoms. The molecule has 0 unspecified atom stereocenters. The lowest BCUT2D eigenvalue weighted by atomic mass is 10.1. The zero-order valence-electron chi connectivity index (χ0n) is 9.67. The molecule has 1 aromatic heterocycles. The number of nitrogens with zero attached hydrogens (tertiary/aromatic N) is 2. The van der Waals surface area contributed by atoms with Crippen LogP contribution in [0.2, 0.25) is 0 Å². The highest BCUT2D eigenvalue weighted by Gasteiger charge is 2.12. The largest absolute Gasteiger partial charge is 0.369 e. The van der Waals surface area contributed by atoms with Crippen LogP contribution in [0, 0.1) is 18.6 Å². The molecule has 0 aliphatic rings. The summed E-state index contributed by atoms with van der Waals surface area (Å²) in [5, 5.41) is 0. The van der Waals surface area contributed by atoms with Gasteiger partial charge in [0.25, 0.3) is 0 Å². The molecular weight excluding hydrogens is 224 g/mol. The highest BCUT2D eigenvalue weighted by atomic mass is 19.1. The van der Waals surface area contributed by atoms with Gasteiger partial charge in [0, 0.05) is 25.2 Å². The number of anilines is 1. The Morgan fingerprint density at radius 1 is 1.35 bits per heavy atom. The van der Waals surface area contributed by atoms with Crippen molar-refractivity contribution in [3.05, 3.63) is 46.8 Å². The third-order valence-electron chi connectivity index (χ3n) is 2.89. The van der Waals surface area contributed by atoms with Gasteiger partial charge in [0.2, 0.25) is 0 Å². The molecule has 0 fully saturated rings. The van der Waals surface area contributed by atoms with Crippen molar-refractivity contribution in [2.45, 2.75) is 13.3 Å². The highest BCUT2D eigenvalue weighted by molar-refractivity contribution is 5.32. The van der Waals surface area contributed by atoms with Gasteiger partial charge in [0.1, 0.15) is 11.6 Å². The summed E-state index contributed by atoms with van der Waals surface area (Å²) in [6.45, 7) is 1.86. The van der Waals surface area contributed by atoms with E-state index in [1.54, 1.807) is 11.6 Å². The summed E-state index contributed by atoms with van der Waals surface area (Å²) in [6, 6.07) is 3.53. The van der Waals surface area contributed by atoms with E-state index in [9.17, 15) is 8.78 Å². The lowest BCUT2D eigenvalue weighted by Crippen LogP contribution is -1.98. The first-order valence-corrected chi connectivity index (χ1v) is 5.20. The van der Waals surface area contributed by atoms with E-state index in [0.717, 1.165) is 11.8 Å². The summed E-state index contributed by atoms with van der Waals surface area (Å²) in [4.78, 5) is 4.15. The molecule has 5 heteroatoms. The summed E-state index contributed by atoms with van der Waals surface area (Å²) in [5.74, 6) is -0.753. The van der Waals surface area contributed by atoms with Crippen LogP contribution in [0.5, 0.6) is 0 Å². The smallest absolute Gasteiger partial charge is 0.200 e. The van der Waals surface area contributed by atoms with Crippen LogP contribution in [-0.2, 0) is 13.5 Å². The van der Waals surface area contributed by atoms with Crippen molar-refractivity contribution in [2.24, 2.45) is 7.05 Å². The lowest BCUT2D eigenvalue weighted by molar-refractivity contribution is 0.574. The van der Waals surface area contributed by atoms with Crippen LogP contribution in [0.4, 0.5) is 14.7 Å². The number of hydrogen-bond donors (Lipinski definition) is 1.